The minimum atomic E-state index is -0.121. The van der Waals surface area contributed by atoms with Gasteiger partial charge in [-0.25, -0.2) is 0 Å². The molecular formula is C11H20N2O. The van der Waals surface area contributed by atoms with Gasteiger partial charge in [-0.15, -0.1) is 0 Å². The van der Waals surface area contributed by atoms with Crippen LogP contribution in [0.3, 0.4) is 0 Å². The summed E-state index contributed by atoms with van der Waals surface area (Å²) < 4.78 is 0. The molecule has 14 heavy (non-hydrogen) atoms. The Morgan fingerprint density at radius 1 is 1.29 bits per heavy atom. The van der Waals surface area contributed by atoms with E-state index < -0.39 is 0 Å². The number of likely N-dealkylation sites (tertiary alicyclic amines) is 1. The van der Waals surface area contributed by atoms with Crippen LogP contribution in [0, 0.1) is 5.92 Å². The first kappa shape index (κ1) is 9.97. The predicted molar refractivity (Wildman–Crippen MR) is 55.7 cm³/mol. The van der Waals surface area contributed by atoms with Gasteiger partial charge in [0.1, 0.15) is 0 Å². The highest BCUT2D eigenvalue weighted by atomic mass is 16.2. The molecule has 0 aromatic carbocycles. The monoisotopic (exact) mass is 196 g/mol. The maximum atomic E-state index is 11.9. The van der Waals surface area contributed by atoms with Gasteiger partial charge < -0.3 is 10.6 Å². The van der Waals surface area contributed by atoms with E-state index in [1.54, 1.807) is 0 Å². The molecule has 2 N–H and O–H groups in total. The Kier molecular flexibility index (Phi) is 2.52. The normalized spacial score (nSPS) is 27.1. The van der Waals surface area contributed by atoms with E-state index in [-0.39, 0.29) is 5.54 Å². The molecule has 2 aliphatic rings. The van der Waals surface area contributed by atoms with Crippen molar-refractivity contribution in [2.24, 2.45) is 11.7 Å². The average molecular weight is 196 g/mol. The van der Waals surface area contributed by atoms with Crippen molar-refractivity contribution in [2.75, 3.05) is 13.1 Å². The van der Waals surface area contributed by atoms with E-state index in [9.17, 15) is 4.79 Å². The molecule has 3 nitrogen and oxygen atoms in total. The van der Waals surface area contributed by atoms with Gasteiger partial charge in [0.2, 0.25) is 5.91 Å². The molecule has 2 fully saturated rings. The Labute approximate surface area is 85.6 Å². The molecule has 0 bridgehead atoms. The number of rotatable bonds is 1. The van der Waals surface area contributed by atoms with Gasteiger partial charge in [0.25, 0.3) is 0 Å². The number of hydrogen-bond acceptors (Lipinski definition) is 2. The fourth-order valence-corrected chi connectivity index (χ4v) is 2.59. The first-order chi connectivity index (χ1) is 6.58. The summed E-state index contributed by atoms with van der Waals surface area (Å²) in [5, 5.41) is 0. The van der Waals surface area contributed by atoms with Gasteiger partial charge in [-0.3, -0.25) is 4.79 Å². The van der Waals surface area contributed by atoms with Crippen molar-refractivity contribution in [1.82, 2.24) is 4.90 Å². The van der Waals surface area contributed by atoms with Crippen LogP contribution in [0.5, 0.6) is 0 Å². The Hall–Kier alpha value is -0.570. The molecule has 0 spiro atoms. The number of hydrogen-bond donors (Lipinski definition) is 1. The van der Waals surface area contributed by atoms with E-state index in [1.165, 1.54) is 19.3 Å². The molecule has 0 aromatic rings. The van der Waals surface area contributed by atoms with E-state index in [4.69, 9.17) is 5.73 Å². The van der Waals surface area contributed by atoms with Crippen molar-refractivity contribution in [2.45, 2.75) is 44.6 Å². The fraction of sp³-hybridized carbons (Fsp3) is 0.909. The smallest absolute Gasteiger partial charge is 0.225 e. The topological polar surface area (TPSA) is 46.3 Å². The molecule has 80 valence electrons. The number of amides is 1. The predicted octanol–water partition coefficient (Wildman–Crippen LogP) is 1.13. The molecule has 0 atom stereocenters. The van der Waals surface area contributed by atoms with E-state index in [2.05, 4.69) is 0 Å². The van der Waals surface area contributed by atoms with Gasteiger partial charge in [0, 0.05) is 24.5 Å². The molecule has 2 rings (SSSR count). The quantitative estimate of drug-likeness (QED) is 0.683. The maximum Gasteiger partial charge on any atom is 0.225 e. The summed E-state index contributed by atoms with van der Waals surface area (Å²) in [5.41, 5.74) is 5.76. The summed E-state index contributed by atoms with van der Waals surface area (Å²) in [6.45, 7) is 3.52. The van der Waals surface area contributed by atoms with Crippen LogP contribution in [0.2, 0.25) is 0 Å². The van der Waals surface area contributed by atoms with Gasteiger partial charge in [-0.05, 0) is 19.8 Å². The van der Waals surface area contributed by atoms with Gasteiger partial charge in [0.05, 0.1) is 0 Å². The van der Waals surface area contributed by atoms with Crippen LogP contribution < -0.4 is 5.73 Å². The van der Waals surface area contributed by atoms with Crippen molar-refractivity contribution < 1.29 is 4.79 Å². The molecule has 1 heterocycles. The fourth-order valence-electron chi connectivity index (χ4n) is 2.59. The van der Waals surface area contributed by atoms with Crippen molar-refractivity contribution in [1.29, 1.82) is 0 Å². The van der Waals surface area contributed by atoms with E-state index in [1.807, 2.05) is 11.8 Å². The van der Waals surface area contributed by atoms with Crippen molar-refractivity contribution in [3.05, 3.63) is 0 Å². The lowest BCUT2D eigenvalue weighted by molar-refractivity contribution is -0.143. The lowest BCUT2D eigenvalue weighted by atomic mass is 9.85. The summed E-state index contributed by atoms with van der Waals surface area (Å²) >= 11 is 0. The highest BCUT2D eigenvalue weighted by Crippen LogP contribution is 2.28. The second-order valence-corrected chi connectivity index (χ2v) is 5.18. The van der Waals surface area contributed by atoms with Crippen LogP contribution in [0.1, 0.15) is 39.0 Å². The third-order valence-corrected chi connectivity index (χ3v) is 3.37. The van der Waals surface area contributed by atoms with E-state index in [0.29, 0.717) is 11.8 Å². The summed E-state index contributed by atoms with van der Waals surface area (Å²) in [7, 11) is 0. The minimum absolute atomic E-state index is 0.121. The van der Waals surface area contributed by atoms with Gasteiger partial charge in [-0.2, -0.15) is 0 Å². The van der Waals surface area contributed by atoms with Crippen LogP contribution in [-0.2, 0) is 4.79 Å². The van der Waals surface area contributed by atoms with Gasteiger partial charge in [0.15, 0.2) is 0 Å². The second kappa shape index (κ2) is 3.54. The Morgan fingerprint density at radius 3 is 2.36 bits per heavy atom. The maximum absolute atomic E-state index is 11.9. The summed E-state index contributed by atoms with van der Waals surface area (Å²) in [4.78, 5) is 13.9. The number of carbonyl (C=O) groups excluding carboxylic acids is 1. The highest BCUT2D eigenvalue weighted by Gasteiger charge is 2.40. The zero-order valence-electron chi connectivity index (χ0n) is 8.96. The lowest BCUT2D eigenvalue weighted by Crippen LogP contribution is -2.67. The zero-order chi connectivity index (χ0) is 10.2. The summed E-state index contributed by atoms with van der Waals surface area (Å²) in [6, 6.07) is 0. The molecule has 0 aromatic heterocycles. The Balaban J connectivity index is 1.84. The number of nitrogens with two attached hydrogens (primary N) is 1. The Bertz CT molecular complexity index is 223. The van der Waals surface area contributed by atoms with Crippen molar-refractivity contribution in [3.63, 3.8) is 0 Å². The van der Waals surface area contributed by atoms with Crippen LogP contribution in [0.25, 0.3) is 0 Å². The van der Waals surface area contributed by atoms with Crippen LogP contribution in [0.4, 0.5) is 0 Å². The minimum Gasteiger partial charge on any atom is -0.339 e. The zero-order valence-corrected chi connectivity index (χ0v) is 8.96. The molecule has 1 saturated heterocycles. The van der Waals surface area contributed by atoms with E-state index >= 15 is 0 Å². The van der Waals surface area contributed by atoms with E-state index in [0.717, 1.165) is 25.9 Å². The first-order valence-electron chi connectivity index (χ1n) is 5.66. The lowest BCUT2D eigenvalue weighted by Gasteiger charge is -2.47. The molecular weight excluding hydrogens is 176 g/mol. The van der Waals surface area contributed by atoms with Gasteiger partial charge in [-0.1, -0.05) is 19.3 Å². The Morgan fingerprint density at radius 2 is 1.86 bits per heavy atom. The molecule has 1 amide bonds. The third-order valence-electron chi connectivity index (χ3n) is 3.37. The van der Waals surface area contributed by atoms with Crippen molar-refractivity contribution >= 4 is 5.91 Å². The summed E-state index contributed by atoms with van der Waals surface area (Å²) in [5.74, 6) is 0.660. The molecule has 1 aliphatic carbocycles. The van der Waals surface area contributed by atoms with Crippen LogP contribution in [-0.4, -0.2) is 29.4 Å². The van der Waals surface area contributed by atoms with Crippen molar-refractivity contribution in [3.8, 4) is 0 Å². The van der Waals surface area contributed by atoms with Gasteiger partial charge >= 0.3 is 0 Å². The molecule has 0 unspecified atom stereocenters. The molecule has 3 heteroatoms. The molecule has 1 aliphatic heterocycles. The first-order valence-corrected chi connectivity index (χ1v) is 5.66. The highest BCUT2D eigenvalue weighted by molar-refractivity contribution is 5.80. The third kappa shape index (κ3) is 1.92. The standard InChI is InChI=1S/C11H20N2O/c1-11(12)7-13(8-11)10(14)9-5-3-2-4-6-9/h9H,2-8,12H2,1H3. The number of carbonyl (C=O) groups is 1. The largest absolute Gasteiger partial charge is 0.339 e. The molecule has 0 radical (unpaired) electrons. The average Bonchev–Trinajstić information content (AvgIpc) is 2.14. The van der Waals surface area contributed by atoms with Crippen LogP contribution in [0.15, 0.2) is 0 Å². The summed E-state index contributed by atoms with van der Waals surface area (Å²) in [6.07, 6.45) is 5.94. The van der Waals surface area contributed by atoms with Crippen LogP contribution >= 0.6 is 0 Å². The molecule has 1 saturated carbocycles. The number of nitrogens with zero attached hydrogens (tertiary/aromatic N) is 1. The second-order valence-electron chi connectivity index (χ2n) is 5.18. The SMILES string of the molecule is CC1(N)CN(C(=O)C2CCCCC2)C1.